The molecule has 0 spiro atoms. The number of amides is 1. The third-order valence-electron chi connectivity index (χ3n) is 5.99. The first-order valence-electron chi connectivity index (χ1n) is 9.72. The van der Waals surface area contributed by atoms with E-state index in [-0.39, 0.29) is 5.91 Å². The van der Waals surface area contributed by atoms with E-state index < -0.39 is 0 Å². The van der Waals surface area contributed by atoms with Crippen LogP contribution in [-0.2, 0) is 11.2 Å². The van der Waals surface area contributed by atoms with E-state index in [0.717, 1.165) is 30.2 Å². The van der Waals surface area contributed by atoms with Gasteiger partial charge in [-0.05, 0) is 48.8 Å². The maximum atomic E-state index is 12.6. The van der Waals surface area contributed by atoms with Crippen LogP contribution in [0.15, 0.2) is 12.1 Å². The number of fused-ring (bicyclic) bond motifs is 1. The first-order valence-corrected chi connectivity index (χ1v) is 9.72. The van der Waals surface area contributed by atoms with E-state index >= 15 is 0 Å². The van der Waals surface area contributed by atoms with Crippen molar-refractivity contribution in [1.82, 2.24) is 5.32 Å². The number of methoxy groups -OCH3 is 3. The summed E-state index contributed by atoms with van der Waals surface area (Å²) in [5.74, 6) is 3.49. The lowest BCUT2D eigenvalue weighted by Crippen LogP contribution is -2.42. The third kappa shape index (κ3) is 4.25. The van der Waals surface area contributed by atoms with Gasteiger partial charge in [0.05, 0.1) is 27.8 Å². The molecule has 0 aliphatic heterocycles. The van der Waals surface area contributed by atoms with Crippen LogP contribution in [0.5, 0.6) is 17.2 Å². The fourth-order valence-corrected chi connectivity index (χ4v) is 4.71. The average Bonchev–Trinajstić information content (AvgIpc) is 2.66. The second-order valence-electron chi connectivity index (χ2n) is 7.59. The Morgan fingerprint density at radius 3 is 2.23 bits per heavy atom. The maximum absolute atomic E-state index is 12.6. The van der Waals surface area contributed by atoms with Crippen LogP contribution >= 0.6 is 0 Å². The summed E-state index contributed by atoms with van der Waals surface area (Å²) in [5, 5.41) is 3.25. The van der Waals surface area contributed by atoms with Crippen molar-refractivity contribution in [3.05, 3.63) is 17.7 Å². The molecule has 1 amide bonds. The number of hydrogen-bond acceptors (Lipinski definition) is 4. The molecule has 5 heteroatoms. The Morgan fingerprint density at radius 2 is 1.62 bits per heavy atom. The van der Waals surface area contributed by atoms with Gasteiger partial charge in [-0.1, -0.05) is 25.7 Å². The Morgan fingerprint density at radius 1 is 0.962 bits per heavy atom. The molecule has 2 fully saturated rings. The van der Waals surface area contributed by atoms with Crippen LogP contribution < -0.4 is 19.5 Å². The summed E-state index contributed by atoms with van der Waals surface area (Å²) in [6, 6.07) is 4.02. The van der Waals surface area contributed by atoms with Crippen molar-refractivity contribution in [1.29, 1.82) is 0 Å². The van der Waals surface area contributed by atoms with Gasteiger partial charge in [-0.2, -0.15) is 0 Å². The summed E-state index contributed by atoms with van der Waals surface area (Å²) in [4.78, 5) is 12.6. The first kappa shape index (κ1) is 18.9. The van der Waals surface area contributed by atoms with E-state index in [2.05, 4.69) is 5.32 Å². The Bertz CT molecular complexity index is 605. The standard InChI is InChI=1S/C21H31NO4/c1-24-18-10-14(11-19(25-2)21(18)26-3)12-20(23)22-17-9-8-15-6-4-5-7-16(15)13-17/h10-11,15-17H,4-9,12-13H2,1-3H3,(H,22,23). The largest absolute Gasteiger partial charge is 0.493 e. The highest BCUT2D eigenvalue weighted by Crippen LogP contribution is 2.41. The van der Waals surface area contributed by atoms with Gasteiger partial charge in [0, 0.05) is 6.04 Å². The Hall–Kier alpha value is -1.91. The molecule has 0 radical (unpaired) electrons. The Kier molecular flexibility index (Phi) is 6.28. The molecular formula is C21H31NO4. The summed E-state index contributed by atoms with van der Waals surface area (Å²) in [5.41, 5.74) is 0.864. The maximum Gasteiger partial charge on any atom is 0.224 e. The van der Waals surface area contributed by atoms with Crippen molar-refractivity contribution >= 4 is 5.91 Å². The Labute approximate surface area is 156 Å². The van der Waals surface area contributed by atoms with Gasteiger partial charge in [0.2, 0.25) is 11.7 Å². The van der Waals surface area contributed by atoms with Gasteiger partial charge in [0.15, 0.2) is 11.5 Å². The number of carbonyl (C=O) groups is 1. The van der Waals surface area contributed by atoms with Gasteiger partial charge in [-0.25, -0.2) is 0 Å². The molecule has 1 aromatic carbocycles. The van der Waals surface area contributed by atoms with Crippen LogP contribution in [0.3, 0.4) is 0 Å². The SMILES string of the molecule is COc1cc(CC(=O)NC2CCC3CCCCC3C2)cc(OC)c1OC. The van der Waals surface area contributed by atoms with Crippen molar-refractivity contribution in [3.8, 4) is 17.2 Å². The van der Waals surface area contributed by atoms with Crippen LogP contribution in [-0.4, -0.2) is 33.3 Å². The molecular weight excluding hydrogens is 330 g/mol. The van der Waals surface area contributed by atoms with Gasteiger partial charge in [0.25, 0.3) is 0 Å². The molecule has 3 atom stereocenters. The molecule has 0 aromatic heterocycles. The summed E-state index contributed by atoms with van der Waals surface area (Å²) in [6.07, 6.45) is 9.31. The van der Waals surface area contributed by atoms with E-state index in [1.54, 1.807) is 21.3 Å². The molecule has 2 saturated carbocycles. The second kappa shape index (κ2) is 8.65. The van der Waals surface area contributed by atoms with E-state index in [0.29, 0.717) is 29.7 Å². The average molecular weight is 361 g/mol. The van der Waals surface area contributed by atoms with E-state index in [9.17, 15) is 4.79 Å². The van der Waals surface area contributed by atoms with E-state index in [1.807, 2.05) is 12.1 Å². The number of benzene rings is 1. The van der Waals surface area contributed by atoms with Crippen molar-refractivity contribution in [2.75, 3.05) is 21.3 Å². The lowest BCUT2D eigenvalue weighted by Gasteiger charge is -2.39. The molecule has 1 N–H and O–H groups in total. The number of nitrogens with one attached hydrogen (secondary N) is 1. The fraction of sp³-hybridized carbons (Fsp3) is 0.667. The van der Waals surface area contributed by atoms with Gasteiger partial charge >= 0.3 is 0 Å². The van der Waals surface area contributed by atoms with Crippen LogP contribution in [0.4, 0.5) is 0 Å². The number of hydrogen-bond donors (Lipinski definition) is 1. The molecule has 3 rings (SSSR count). The third-order valence-corrected chi connectivity index (χ3v) is 5.99. The minimum absolute atomic E-state index is 0.0681. The van der Waals surface area contributed by atoms with E-state index in [1.165, 1.54) is 32.1 Å². The highest BCUT2D eigenvalue weighted by atomic mass is 16.5. The fourth-order valence-electron chi connectivity index (χ4n) is 4.71. The van der Waals surface area contributed by atoms with Crippen molar-refractivity contribution in [3.63, 3.8) is 0 Å². The summed E-state index contributed by atoms with van der Waals surface area (Å²) >= 11 is 0. The van der Waals surface area contributed by atoms with Gasteiger partial charge in [-0.3, -0.25) is 4.79 Å². The number of rotatable bonds is 6. The molecule has 1 aromatic rings. The van der Waals surface area contributed by atoms with Crippen LogP contribution in [0, 0.1) is 11.8 Å². The predicted molar refractivity (Wildman–Crippen MR) is 101 cm³/mol. The molecule has 0 heterocycles. The number of carbonyl (C=O) groups excluding carboxylic acids is 1. The topological polar surface area (TPSA) is 56.8 Å². The van der Waals surface area contributed by atoms with Crippen molar-refractivity contribution in [2.24, 2.45) is 11.8 Å². The second-order valence-corrected chi connectivity index (χ2v) is 7.59. The zero-order valence-corrected chi connectivity index (χ0v) is 16.2. The van der Waals surface area contributed by atoms with Crippen LogP contribution in [0.1, 0.15) is 50.5 Å². The summed E-state index contributed by atoms with van der Waals surface area (Å²) < 4.78 is 16.1. The molecule has 2 aliphatic carbocycles. The molecule has 0 bridgehead atoms. The molecule has 5 nitrogen and oxygen atoms in total. The zero-order chi connectivity index (χ0) is 18.5. The smallest absolute Gasteiger partial charge is 0.224 e. The van der Waals surface area contributed by atoms with Gasteiger partial charge in [0.1, 0.15) is 0 Å². The first-order chi connectivity index (χ1) is 12.6. The molecule has 0 saturated heterocycles. The van der Waals surface area contributed by atoms with E-state index in [4.69, 9.17) is 14.2 Å². The molecule has 26 heavy (non-hydrogen) atoms. The minimum Gasteiger partial charge on any atom is -0.493 e. The highest BCUT2D eigenvalue weighted by Gasteiger charge is 2.32. The predicted octanol–water partition coefficient (Wildman–Crippen LogP) is 3.73. The van der Waals surface area contributed by atoms with Crippen LogP contribution in [0.2, 0.25) is 0 Å². The lowest BCUT2D eigenvalue weighted by molar-refractivity contribution is -0.121. The van der Waals surface area contributed by atoms with Crippen molar-refractivity contribution in [2.45, 2.75) is 57.4 Å². The van der Waals surface area contributed by atoms with Gasteiger partial charge < -0.3 is 19.5 Å². The molecule has 2 aliphatic rings. The number of ether oxygens (including phenoxy) is 3. The lowest BCUT2D eigenvalue weighted by atomic mass is 9.69. The Balaban J connectivity index is 1.61. The van der Waals surface area contributed by atoms with Crippen LogP contribution in [0.25, 0.3) is 0 Å². The highest BCUT2D eigenvalue weighted by molar-refractivity contribution is 5.79. The van der Waals surface area contributed by atoms with Crippen molar-refractivity contribution < 1.29 is 19.0 Å². The van der Waals surface area contributed by atoms with Gasteiger partial charge in [-0.15, -0.1) is 0 Å². The normalized spacial score (nSPS) is 25.1. The molecule has 3 unspecified atom stereocenters. The zero-order valence-electron chi connectivity index (χ0n) is 16.2. The quantitative estimate of drug-likeness (QED) is 0.839. The minimum atomic E-state index is 0.0681. The summed E-state index contributed by atoms with van der Waals surface area (Å²) in [6.45, 7) is 0. The molecule has 144 valence electrons. The monoisotopic (exact) mass is 361 g/mol. The summed E-state index contributed by atoms with van der Waals surface area (Å²) in [7, 11) is 4.75.